The third-order valence-electron chi connectivity index (χ3n) is 6.29. The van der Waals surface area contributed by atoms with Gasteiger partial charge < -0.3 is 4.90 Å². The van der Waals surface area contributed by atoms with Crippen LogP contribution in [0.5, 0.6) is 0 Å². The van der Waals surface area contributed by atoms with Gasteiger partial charge in [-0.2, -0.15) is 0 Å². The summed E-state index contributed by atoms with van der Waals surface area (Å²) < 4.78 is 0.999. The summed E-state index contributed by atoms with van der Waals surface area (Å²) in [6, 6.07) is 11.9. The topological polar surface area (TPSA) is 16.1 Å². The van der Waals surface area contributed by atoms with Crippen LogP contribution in [0.3, 0.4) is 0 Å². The largest absolute Gasteiger partial charge is 0.317 e. The number of anilines is 1. The molecule has 3 heteroatoms. The molecule has 3 nitrogen and oxygen atoms in total. The van der Waals surface area contributed by atoms with Gasteiger partial charge in [0.05, 0.1) is 25.0 Å². The average Bonchev–Trinajstić information content (AvgIpc) is 2.72. The molecule has 0 radical (unpaired) electrons. The monoisotopic (exact) mass is 322 g/mol. The molecule has 0 spiro atoms. The second-order valence-corrected chi connectivity index (χ2v) is 7.82. The third kappa shape index (κ3) is 2.11. The molecule has 0 aliphatic carbocycles. The highest BCUT2D eigenvalue weighted by Gasteiger charge is 2.48. The molecular formula is C21H28N3+. The lowest BCUT2D eigenvalue weighted by atomic mass is 9.99. The van der Waals surface area contributed by atoms with Crippen molar-refractivity contribution >= 4 is 11.4 Å². The number of pyridine rings is 1. The van der Waals surface area contributed by atoms with E-state index < -0.39 is 0 Å². The maximum atomic E-state index is 4.78. The Labute approximate surface area is 145 Å². The second-order valence-electron chi connectivity index (χ2n) is 7.82. The van der Waals surface area contributed by atoms with Crippen LogP contribution in [0.4, 0.5) is 11.4 Å². The lowest BCUT2D eigenvalue weighted by molar-refractivity contribution is 0.196. The van der Waals surface area contributed by atoms with Crippen molar-refractivity contribution in [2.24, 2.45) is 0 Å². The van der Waals surface area contributed by atoms with Gasteiger partial charge in [0.2, 0.25) is 0 Å². The third-order valence-corrected chi connectivity index (χ3v) is 6.29. The summed E-state index contributed by atoms with van der Waals surface area (Å²) in [6.45, 7) is 10.1. The molecule has 4 heterocycles. The molecule has 3 aliphatic heterocycles. The molecule has 5 rings (SSSR count). The van der Waals surface area contributed by atoms with Crippen molar-refractivity contribution in [1.29, 1.82) is 0 Å². The predicted molar refractivity (Wildman–Crippen MR) is 102 cm³/mol. The Morgan fingerprint density at radius 2 is 1.92 bits per heavy atom. The minimum atomic E-state index is 0.425. The molecule has 2 aromatic rings. The molecule has 0 amide bonds. The summed E-state index contributed by atoms with van der Waals surface area (Å²) in [5, 5.41) is 0. The molecule has 1 saturated heterocycles. The maximum absolute atomic E-state index is 4.78. The van der Waals surface area contributed by atoms with Crippen molar-refractivity contribution in [1.82, 2.24) is 9.47 Å². The van der Waals surface area contributed by atoms with E-state index in [0.29, 0.717) is 12.2 Å². The molecule has 0 N–H and O–H groups in total. The minimum Gasteiger partial charge on any atom is -0.317 e. The molecule has 1 fully saturated rings. The lowest BCUT2D eigenvalue weighted by Crippen LogP contribution is -2.66. The molecule has 1 aromatic carbocycles. The van der Waals surface area contributed by atoms with E-state index in [0.717, 1.165) is 16.6 Å². The standard InChI is InChI=1S/C21H28N3/c1-14-12-15(2)22-16(3)21(14)23-17(4)24(5)11-10-19(23)13-18-8-6-7-9-20(18)24/h6-9,12,17,19H,10-11,13H2,1-5H3/q+1. The Hall–Kier alpha value is -1.87. The van der Waals surface area contributed by atoms with Crippen LogP contribution >= 0.6 is 0 Å². The SMILES string of the molecule is Cc1cc(C)c(N2C3CC[N+](C)(c4ccccc4C3)C2C)c(C)n1. The molecule has 2 bridgehead atoms. The number of para-hydroxylation sites is 1. The number of aryl methyl sites for hydroxylation is 3. The molecule has 0 saturated carbocycles. The van der Waals surface area contributed by atoms with Gasteiger partial charge in [0, 0.05) is 30.6 Å². The Morgan fingerprint density at radius 3 is 2.67 bits per heavy atom. The molecule has 3 atom stereocenters. The van der Waals surface area contributed by atoms with Crippen LogP contribution in [0.25, 0.3) is 0 Å². The first-order valence-corrected chi connectivity index (χ1v) is 9.08. The van der Waals surface area contributed by atoms with Gasteiger partial charge >= 0.3 is 0 Å². The summed E-state index contributed by atoms with van der Waals surface area (Å²) in [7, 11) is 2.41. The highest BCUT2D eigenvalue weighted by Crippen LogP contribution is 2.43. The van der Waals surface area contributed by atoms with Gasteiger partial charge in [0.25, 0.3) is 0 Å². The highest BCUT2D eigenvalue weighted by molar-refractivity contribution is 5.63. The number of nitrogens with zero attached hydrogens (tertiary/aromatic N) is 3. The second kappa shape index (κ2) is 5.32. The Bertz CT molecular complexity index is 774. The van der Waals surface area contributed by atoms with Gasteiger partial charge in [-0.3, -0.25) is 9.47 Å². The molecule has 24 heavy (non-hydrogen) atoms. The minimum absolute atomic E-state index is 0.425. The van der Waals surface area contributed by atoms with E-state index >= 15 is 0 Å². The van der Waals surface area contributed by atoms with Gasteiger partial charge in [-0.05, 0) is 44.9 Å². The zero-order chi connectivity index (χ0) is 17.1. The van der Waals surface area contributed by atoms with Crippen molar-refractivity contribution in [3.8, 4) is 0 Å². The Balaban J connectivity index is 1.89. The van der Waals surface area contributed by atoms with Crippen molar-refractivity contribution < 1.29 is 0 Å². The predicted octanol–water partition coefficient (Wildman–Crippen LogP) is 4.12. The number of rotatable bonds is 1. The van der Waals surface area contributed by atoms with Crippen LogP contribution in [-0.4, -0.2) is 30.8 Å². The Morgan fingerprint density at radius 1 is 1.17 bits per heavy atom. The van der Waals surface area contributed by atoms with Crippen LogP contribution in [0.15, 0.2) is 30.3 Å². The molecular weight excluding hydrogens is 294 g/mol. The highest BCUT2D eigenvalue weighted by atomic mass is 15.5. The number of quaternary nitrogens is 1. The van der Waals surface area contributed by atoms with E-state index in [1.165, 1.54) is 41.2 Å². The number of benzene rings is 1. The molecule has 126 valence electrons. The van der Waals surface area contributed by atoms with Gasteiger partial charge in [0.15, 0.2) is 6.17 Å². The van der Waals surface area contributed by atoms with Gasteiger partial charge in [-0.25, -0.2) is 0 Å². The van der Waals surface area contributed by atoms with E-state index in [9.17, 15) is 0 Å². The van der Waals surface area contributed by atoms with Crippen molar-refractivity contribution in [2.75, 3.05) is 18.5 Å². The van der Waals surface area contributed by atoms with Crippen LogP contribution < -0.4 is 9.38 Å². The van der Waals surface area contributed by atoms with Gasteiger partial charge in [-0.15, -0.1) is 0 Å². The quantitative estimate of drug-likeness (QED) is 0.734. The van der Waals surface area contributed by atoms with E-state index in [-0.39, 0.29) is 0 Å². The summed E-state index contributed by atoms with van der Waals surface area (Å²) in [6.07, 6.45) is 2.80. The van der Waals surface area contributed by atoms with Crippen LogP contribution in [0.1, 0.15) is 35.9 Å². The lowest BCUT2D eigenvalue weighted by Gasteiger charge is -2.50. The number of fused-ring (bicyclic) bond motifs is 2. The van der Waals surface area contributed by atoms with E-state index in [2.05, 4.69) is 70.0 Å². The van der Waals surface area contributed by atoms with Crippen LogP contribution in [-0.2, 0) is 6.42 Å². The Kier molecular flexibility index (Phi) is 3.47. The average molecular weight is 322 g/mol. The van der Waals surface area contributed by atoms with Gasteiger partial charge in [0.1, 0.15) is 5.69 Å². The van der Waals surface area contributed by atoms with E-state index in [1.807, 2.05) is 0 Å². The van der Waals surface area contributed by atoms with Crippen LogP contribution in [0, 0.1) is 20.8 Å². The summed E-state index contributed by atoms with van der Waals surface area (Å²) >= 11 is 0. The maximum Gasteiger partial charge on any atom is 0.166 e. The zero-order valence-corrected chi connectivity index (χ0v) is 15.5. The summed E-state index contributed by atoms with van der Waals surface area (Å²) in [4.78, 5) is 7.46. The first kappa shape index (κ1) is 15.6. The molecule has 3 aliphatic rings. The normalized spacial score (nSPS) is 28.6. The number of aromatic nitrogens is 1. The van der Waals surface area contributed by atoms with Gasteiger partial charge in [-0.1, -0.05) is 18.2 Å². The van der Waals surface area contributed by atoms with E-state index in [1.54, 1.807) is 0 Å². The first-order valence-electron chi connectivity index (χ1n) is 9.08. The summed E-state index contributed by atoms with van der Waals surface area (Å²) in [5.74, 6) is 0. The van der Waals surface area contributed by atoms with Crippen molar-refractivity contribution in [2.45, 2.75) is 52.7 Å². The van der Waals surface area contributed by atoms with Crippen molar-refractivity contribution in [3.05, 3.63) is 52.8 Å². The zero-order valence-electron chi connectivity index (χ0n) is 15.5. The number of hydrogen-bond acceptors (Lipinski definition) is 2. The smallest absolute Gasteiger partial charge is 0.166 e. The fraction of sp³-hybridized carbons (Fsp3) is 0.476. The van der Waals surface area contributed by atoms with Crippen LogP contribution in [0.2, 0.25) is 0 Å². The first-order chi connectivity index (χ1) is 11.4. The molecule has 1 aromatic heterocycles. The number of hydrogen-bond donors (Lipinski definition) is 0. The summed E-state index contributed by atoms with van der Waals surface area (Å²) in [5.41, 5.74) is 8.03. The fourth-order valence-corrected chi connectivity index (χ4v) is 5.06. The van der Waals surface area contributed by atoms with E-state index in [4.69, 9.17) is 4.98 Å². The fourth-order valence-electron chi connectivity index (χ4n) is 5.06. The molecule has 3 unspecified atom stereocenters. The van der Waals surface area contributed by atoms with Crippen molar-refractivity contribution in [3.63, 3.8) is 0 Å².